The average Bonchev–Trinajstić information content (AvgIpc) is 4.26. The summed E-state index contributed by atoms with van der Waals surface area (Å²) in [7, 11) is 12.9. The monoisotopic (exact) mass is 1010 g/mol. The van der Waals surface area contributed by atoms with Crippen LogP contribution in [0.1, 0.15) is 145 Å². The van der Waals surface area contributed by atoms with Crippen molar-refractivity contribution in [2.24, 2.45) is 0 Å². The molecule has 6 aliphatic rings. The number of likely N-dealkylation sites (N-methyl/N-ethyl adjacent to an activating group) is 2. The van der Waals surface area contributed by atoms with E-state index in [9.17, 15) is 0 Å². The van der Waals surface area contributed by atoms with Gasteiger partial charge >= 0.3 is 0 Å². The highest BCUT2D eigenvalue weighted by atomic mass is 15.1. The van der Waals surface area contributed by atoms with Crippen molar-refractivity contribution < 1.29 is 0 Å². The third-order valence-electron chi connectivity index (χ3n) is 12.5. The Hall–Kier alpha value is -5.38. The van der Waals surface area contributed by atoms with Crippen LogP contribution in [0, 0.1) is 0 Å². The Morgan fingerprint density at radius 2 is 0.689 bits per heavy atom. The fourth-order valence-electron chi connectivity index (χ4n) is 9.12. The largest absolute Gasteiger partial charge is 0.374 e. The van der Waals surface area contributed by atoms with Crippen LogP contribution in [0.4, 0.5) is 11.4 Å². The van der Waals surface area contributed by atoms with Crippen LogP contribution >= 0.6 is 0 Å². The molecule has 0 bridgehead atoms. The summed E-state index contributed by atoms with van der Waals surface area (Å²) in [4.78, 5) is 22.2. The zero-order valence-electron chi connectivity index (χ0n) is 50.2. The zero-order valence-corrected chi connectivity index (χ0v) is 50.2. The van der Waals surface area contributed by atoms with E-state index in [-0.39, 0.29) is 0 Å². The lowest BCUT2D eigenvalue weighted by molar-refractivity contribution is 0.313. The van der Waals surface area contributed by atoms with Crippen LogP contribution < -0.4 is 9.80 Å². The number of rotatable bonds is 0. The van der Waals surface area contributed by atoms with E-state index in [1.165, 1.54) is 112 Å². The van der Waals surface area contributed by atoms with E-state index < -0.39 is 0 Å². The second-order valence-corrected chi connectivity index (χ2v) is 17.7. The molecular weight excluding hydrogens is 905 g/mol. The molecule has 0 atom stereocenters. The highest BCUT2D eigenvalue weighted by Crippen LogP contribution is 2.26. The molecule has 0 radical (unpaired) electrons. The molecule has 6 aromatic rings. The lowest BCUT2D eigenvalue weighted by Crippen LogP contribution is -2.26. The second-order valence-electron chi connectivity index (χ2n) is 17.7. The molecule has 0 amide bonds. The van der Waals surface area contributed by atoms with Crippen LogP contribution in [-0.2, 0) is 65.1 Å². The van der Waals surface area contributed by atoms with E-state index in [0.29, 0.717) is 0 Å². The maximum absolute atomic E-state index is 4.27. The first-order valence-corrected chi connectivity index (χ1v) is 28.5. The third kappa shape index (κ3) is 22.6. The molecule has 408 valence electrons. The molecule has 0 spiro atoms. The number of hydrogen-bond donors (Lipinski definition) is 0. The van der Waals surface area contributed by atoms with E-state index >= 15 is 0 Å². The van der Waals surface area contributed by atoms with Gasteiger partial charge in [-0.2, -0.15) is 0 Å². The molecule has 6 aliphatic heterocycles. The minimum absolute atomic E-state index is 1.01. The Morgan fingerprint density at radius 1 is 0.311 bits per heavy atom. The van der Waals surface area contributed by atoms with Crippen LogP contribution in [-0.4, -0.2) is 91.5 Å². The number of fused-ring (bicyclic) bond motifs is 6. The number of aryl methyl sites for hydroxylation is 1. The minimum Gasteiger partial charge on any atom is -0.374 e. The summed E-state index contributed by atoms with van der Waals surface area (Å²) >= 11 is 0. The lowest BCUT2D eigenvalue weighted by Gasteiger charge is -2.26. The smallest absolute Gasteiger partial charge is 0.0588 e. The highest BCUT2D eigenvalue weighted by molar-refractivity contribution is 5.57. The Balaban J connectivity index is 0.000000426. The van der Waals surface area contributed by atoms with Crippen molar-refractivity contribution in [2.75, 3.05) is 71.7 Å². The number of anilines is 2. The molecule has 8 heterocycles. The molecule has 8 nitrogen and oxygen atoms in total. The van der Waals surface area contributed by atoms with E-state index in [0.717, 1.165) is 45.8 Å². The standard InChI is InChI=1S/2C10H13N.2C9H11N.2C8H10N2.6C2H6/c1-11-8-4-6-9-5-2-3-7-10(9)11;1-11-7-6-9-4-2-3-5-10(9)8-11;1-10-6-8-4-2-3-5-9(8)7-10;1-10-7-6-8-4-2-3-5-9(8)10;1-10-5-7-2-3-9-4-8(7)6-10;1-10-5-7-3-2-4-9-8(7)6-10;6*1-2/h2-3,5,7H,4,6,8H2,1H3;2-5H,6-8H2,1H3;2*2-5H,6-7H2,1H3;2*2-4H,5-6H2,1H3;6*1-2H3. The first-order chi connectivity index (χ1) is 36.2. The second kappa shape index (κ2) is 40.0. The fourth-order valence-corrected chi connectivity index (χ4v) is 9.12. The first kappa shape index (κ1) is 66.6. The molecule has 8 heteroatoms. The van der Waals surface area contributed by atoms with E-state index in [1.807, 2.05) is 108 Å². The highest BCUT2D eigenvalue weighted by Gasteiger charge is 2.17. The topological polar surface area (TPSA) is 45.2 Å². The predicted molar refractivity (Wildman–Crippen MR) is 326 cm³/mol. The van der Waals surface area contributed by atoms with E-state index in [1.54, 1.807) is 0 Å². The van der Waals surface area contributed by atoms with Gasteiger partial charge in [-0.15, -0.1) is 0 Å². The molecular formula is C66H104N8. The van der Waals surface area contributed by atoms with Crippen molar-refractivity contribution in [1.29, 1.82) is 0 Å². The number of aromatic nitrogens is 2. The van der Waals surface area contributed by atoms with Gasteiger partial charge in [0.15, 0.2) is 0 Å². The third-order valence-corrected chi connectivity index (χ3v) is 12.5. The van der Waals surface area contributed by atoms with Gasteiger partial charge in [0.1, 0.15) is 0 Å². The van der Waals surface area contributed by atoms with Gasteiger partial charge in [-0.3, -0.25) is 24.7 Å². The van der Waals surface area contributed by atoms with Gasteiger partial charge in [-0.05, 0) is 128 Å². The van der Waals surface area contributed by atoms with Crippen molar-refractivity contribution in [2.45, 2.75) is 155 Å². The average molecular weight is 1010 g/mol. The SMILES string of the molecule is CC.CC.CC.CC.CC.CC.CN1CCCc2ccccc21.CN1CCc2ccccc21.CN1CCc2ccccc2C1.CN1Cc2ccccc2C1.CN1Cc2cccnc2C1.CN1Cc2ccncc2C1. The minimum atomic E-state index is 1.01. The Morgan fingerprint density at radius 3 is 1.20 bits per heavy atom. The van der Waals surface area contributed by atoms with Crippen LogP contribution in [0.2, 0.25) is 0 Å². The number of pyridine rings is 2. The number of nitrogens with zero attached hydrogens (tertiary/aromatic N) is 8. The molecule has 0 unspecified atom stereocenters. The maximum Gasteiger partial charge on any atom is 0.0588 e. The summed E-state index contributed by atoms with van der Waals surface area (Å²) in [6.45, 7) is 35.2. The van der Waals surface area contributed by atoms with Gasteiger partial charge < -0.3 is 14.7 Å². The molecule has 0 saturated heterocycles. The Labute approximate surface area is 454 Å². The van der Waals surface area contributed by atoms with Crippen LogP contribution in [0.3, 0.4) is 0 Å². The van der Waals surface area contributed by atoms with Gasteiger partial charge in [-0.25, -0.2) is 0 Å². The summed E-state index contributed by atoms with van der Waals surface area (Å²) in [6, 6.07) is 40.9. The Kier molecular flexibility index (Phi) is 36.0. The van der Waals surface area contributed by atoms with Crippen molar-refractivity contribution in [3.63, 3.8) is 0 Å². The molecule has 74 heavy (non-hydrogen) atoms. The van der Waals surface area contributed by atoms with E-state index in [4.69, 9.17) is 0 Å². The molecule has 2 aromatic heterocycles. The molecule has 0 aliphatic carbocycles. The molecule has 0 N–H and O–H groups in total. The van der Waals surface area contributed by atoms with E-state index in [2.05, 4.69) is 191 Å². The quantitative estimate of drug-likeness (QED) is 0.149. The molecule has 0 saturated carbocycles. The van der Waals surface area contributed by atoms with Crippen LogP contribution in [0.5, 0.6) is 0 Å². The van der Waals surface area contributed by atoms with Gasteiger partial charge in [0.25, 0.3) is 0 Å². The zero-order chi connectivity index (χ0) is 55.3. The molecule has 0 fully saturated rings. The predicted octanol–water partition coefficient (Wildman–Crippen LogP) is 15.3. The van der Waals surface area contributed by atoms with Crippen LogP contribution in [0.25, 0.3) is 0 Å². The number of benzene rings is 4. The van der Waals surface area contributed by atoms with Crippen LogP contribution in [0.15, 0.2) is 134 Å². The number of para-hydroxylation sites is 2. The fraction of sp³-hybridized carbons (Fsp3) is 0.485. The summed E-state index contributed by atoms with van der Waals surface area (Å²) in [5.41, 5.74) is 17.3. The summed E-state index contributed by atoms with van der Waals surface area (Å²) in [6.07, 6.45) is 10.7. The summed E-state index contributed by atoms with van der Waals surface area (Å²) < 4.78 is 0. The molecule has 4 aromatic carbocycles. The van der Waals surface area contributed by atoms with Crippen molar-refractivity contribution in [1.82, 2.24) is 29.6 Å². The van der Waals surface area contributed by atoms with Crippen molar-refractivity contribution in [3.05, 3.63) is 190 Å². The first-order valence-electron chi connectivity index (χ1n) is 28.5. The maximum atomic E-state index is 4.27. The number of hydrogen-bond acceptors (Lipinski definition) is 8. The Bertz CT molecular complexity index is 2120. The lowest BCUT2D eigenvalue weighted by atomic mass is 10.0. The normalized spacial score (nSPS) is 14.7. The van der Waals surface area contributed by atoms with Gasteiger partial charge in [0, 0.05) is 110 Å². The van der Waals surface area contributed by atoms with Crippen molar-refractivity contribution >= 4 is 11.4 Å². The van der Waals surface area contributed by atoms with Crippen molar-refractivity contribution in [3.8, 4) is 0 Å². The molecule has 12 rings (SSSR count). The van der Waals surface area contributed by atoms with Gasteiger partial charge in [0.2, 0.25) is 0 Å². The summed E-state index contributed by atoms with van der Waals surface area (Å²) in [5, 5.41) is 0. The summed E-state index contributed by atoms with van der Waals surface area (Å²) in [5.74, 6) is 0. The van der Waals surface area contributed by atoms with Gasteiger partial charge in [0.05, 0.1) is 5.69 Å². The van der Waals surface area contributed by atoms with Gasteiger partial charge in [-0.1, -0.05) is 174 Å².